The van der Waals surface area contributed by atoms with Crippen LogP contribution >= 0.6 is 12.2 Å². The second-order valence-electron chi connectivity index (χ2n) is 9.00. The molecular formula is C29H26F3N3O4S. The number of halogens is 3. The van der Waals surface area contributed by atoms with E-state index in [0.717, 1.165) is 22.6 Å². The van der Waals surface area contributed by atoms with Gasteiger partial charge >= 0.3 is 12.1 Å². The molecular weight excluding hydrogens is 543 g/mol. The molecule has 1 fully saturated rings. The first-order valence-corrected chi connectivity index (χ1v) is 12.9. The largest absolute Gasteiger partial charge is 0.462 e. The molecule has 1 atom stereocenters. The molecule has 0 radical (unpaired) electrons. The Labute approximate surface area is 234 Å². The number of ether oxygens (including phenoxy) is 1. The summed E-state index contributed by atoms with van der Waals surface area (Å²) < 4.78 is 45.1. The van der Waals surface area contributed by atoms with Crippen molar-refractivity contribution >= 4 is 46.5 Å². The van der Waals surface area contributed by atoms with Gasteiger partial charge in [-0.1, -0.05) is 36.4 Å². The Morgan fingerprint density at radius 1 is 1.00 bits per heavy atom. The van der Waals surface area contributed by atoms with E-state index in [4.69, 9.17) is 17.0 Å². The highest BCUT2D eigenvalue weighted by atomic mass is 32.1. The number of rotatable bonds is 9. The molecule has 1 aliphatic heterocycles. The summed E-state index contributed by atoms with van der Waals surface area (Å²) in [5.74, 6) is -1.58. The molecule has 1 aliphatic rings. The molecule has 0 aromatic heterocycles. The number of alkyl halides is 3. The van der Waals surface area contributed by atoms with Gasteiger partial charge in [-0.25, -0.2) is 4.79 Å². The summed E-state index contributed by atoms with van der Waals surface area (Å²) in [5, 5.41) is 2.72. The molecule has 4 rings (SSSR count). The lowest BCUT2D eigenvalue weighted by atomic mass is 10.1. The number of nitrogens with one attached hydrogen (secondary N) is 1. The van der Waals surface area contributed by atoms with E-state index < -0.39 is 35.6 Å². The van der Waals surface area contributed by atoms with Gasteiger partial charge < -0.3 is 15.0 Å². The molecule has 3 aromatic rings. The SMILES string of the molecule is CCOC(=O)c1ccc(NC(=O)C[C@@H]2C(=O)N(c3cccc(C(F)(F)F)c3)C(=S)N2CCc2ccccc2)cc1. The zero-order valence-electron chi connectivity index (χ0n) is 21.5. The fourth-order valence-corrected chi connectivity index (χ4v) is 4.75. The predicted molar refractivity (Wildman–Crippen MR) is 148 cm³/mol. The number of thiocarbonyl (C=S) groups is 1. The molecule has 2 amide bonds. The van der Waals surface area contributed by atoms with E-state index >= 15 is 0 Å². The van der Waals surface area contributed by atoms with Crippen molar-refractivity contribution in [2.75, 3.05) is 23.4 Å². The van der Waals surface area contributed by atoms with Crippen molar-refractivity contribution in [1.29, 1.82) is 0 Å². The Morgan fingerprint density at radius 2 is 1.70 bits per heavy atom. The van der Waals surface area contributed by atoms with Gasteiger partial charge in [-0.3, -0.25) is 14.5 Å². The summed E-state index contributed by atoms with van der Waals surface area (Å²) in [4.78, 5) is 41.1. The van der Waals surface area contributed by atoms with Crippen molar-refractivity contribution in [3.63, 3.8) is 0 Å². The minimum absolute atomic E-state index is 0.0213. The number of amides is 2. The molecule has 1 heterocycles. The van der Waals surface area contributed by atoms with Crippen molar-refractivity contribution in [3.8, 4) is 0 Å². The van der Waals surface area contributed by atoms with Gasteiger partial charge in [-0.05, 0) is 73.6 Å². The highest BCUT2D eigenvalue weighted by Gasteiger charge is 2.44. The number of anilines is 2. The molecule has 0 spiro atoms. The van der Waals surface area contributed by atoms with Crippen LogP contribution in [0.1, 0.15) is 34.8 Å². The normalized spacial score (nSPS) is 15.3. The van der Waals surface area contributed by atoms with Gasteiger partial charge in [-0.15, -0.1) is 0 Å². The lowest BCUT2D eigenvalue weighted by Crippen LogP contribution is -2.39. The number of carbonyl (C=O) groups excluding carboxylic acids is 3. The maximum Gasteiger partial charge on any atom is 0.416 e. The number of nitrogens with zero attached hydrogens (tertiary/aromatic N) is 2. The smallest absolute Gasteiger partial charge is 0.416 e. The van der Waals surface area contributed by atoms with Gasteiger partial charge in [0.2, 0.25) is 5.91 Å². The summed E-state index contributed by atoms with van der Waals surface area (Å²) in [6.45, 7) is 2.20. The minimum atomic E-state index is -4.60. The second kappa shape index (κ2) is 12.3. The first kappa shape index (κ1) is 28.8. The zero-order valence-corrected chi connectivity index (χ0v) is 22.3. The van der Waals surface area contributed by atoms with Crippen LogP contribution in [0.25, 0.3) is 0 Å². The molecule has 1 N–H and O–H groups in total. The number of esters is 1. The summed E-state index contributed by atoms with van der Waals surface area (Å²) in [5.41, 5.74) is 0.757. The molecule has 40 heavy (non-hydrogen) atoms. The van der Waals surface area contributed by atoms with Crippen molar-refractivity contribution < 1.29 is 32.3 Å². The first-order chi connectivity index (χ1) is 19.1. The van der Waals surface area contributed by atoms with E-state index in [1.807, 2.05) is 30.3 Å². The van der Waals surface area contributed by atoms with Crippen molar-refractivity contribution in [1.82, 2.24) is 4.90 Å². The fraction of sp³-hybridized carbons (Fsp3) is 0.241. The third-order valence-corrected chi connectivity index (χ3v) is 6.71. The quantitative estimate of drug-likeness (QED) is 0.273. The second-order valence-corrected chi connectivity index (χ2v) is 9.36. The predicted octanol–water partition coefficient (Wildman–Crippen LogP) is 5.46. The average molecular weight is 570 g/mol. The molecule has 11 heteroatoms. The van der Waals surface area contributed by atoms with Gasteiger partial charge in [0, 0.05) is 12.2 Å². The van der Waals surface area contributed by atoms with Crippen LogP contribution in [-0.2, 0) is 26.9 Å². The molecule has 3 aromatic carbocycles. The lowest BCUT2D eigenvalue weighted by Gasteiger charge is -2.24. The minimum Gasteiger partial charge on any atom is -0.462 e. The van der Waals surface area contributed by atoms with Crippen LogP contribution in [0.5, 0.6) is 0 Å². The Balaban J connectivity index is 1.55. The number of carbonyl (C=O) groups is 3. The van der Waals surface area contributed by atoms with Crippen LogP contribution in [-0.4, -0.2) is 47.0 Å². The number of benzene rings is 3. The number of hydrogen-bond donors (Lipinski definition) is 1. The molecule has 208 valence electrons. The first-order valence-electron chi connectivity index (χ1n) is 12.5. The molecule has 0 unspecified atom stereocenters. The lowest BCUT2D eigenvalue weighted by molar-refractivity contribution is -0.137. The van der Waals surface area contributed by atoms with E-state index in [0.29, 0.717) is 17.7 Å². The highest BCUT2D eigenvalue weighted by Crippen LogP contribution is 2.34. The van der Waals surface area contributed by atoms with Crippen LogP contribution in [0.3, 0.4) is 0 Å². The van der Waals surface area contributed by atoms with E-state index in [1.54, 1.807) is 11.8 Å². The van der Waals surface area contributed by atoms with Crippen molar-refractivity contribution in [2.24, 2.45) is 0 Å². The Kier molecular flexibility index (Phi) is 8.83. The molecule has 1 saturated heterocycles. The van der Waals surface area contributed by atoms with Crippen molar-refractivity contribution in [2.45, 2.75) is 32.0 Å². The summed E-state index contributed by atoms with van der Waals surface area (Å²) in [7, 11) is 0. The average Bonchev–Trinajstić information content (AvgIpc) is 3.16. The molecule has 0 aliphatic carbocycles. The van der Waals surface area contributed by atoms with E-state index in [9.17, 15) is 27.6 Å². The van der Waals surface area contributed by atoms with Gasteiger partial charge in [0.1, 0.15) is 6.04 Å². The van der Waals surface area contributed by atoms with Gasteiger partial charge in [-0.2, -0.15) is 13.2 Å². The van der Waals surface area contributed by atoms with Crippen LogP contribution in [0.15, 0.2) is 78.9 Å². The zero-order chi connectivity index (χ0) is 28.9. The summed E-state index contributed by atoms with van der Waals surface area (Å²) in [6, 6.07) is 18.9. The van der Waals surface area contributed by atoms with Crippen LogP contribution in [0.2, 0.25) is 0 Å². The van der Waals surface area contributed by atoms with Gasteiger partial charge in [0.05, 0.1) is 29.8 Å². The Morgan fingerprint density at radius 3 is 2.35 bits per heavy atom. The monoisotopic (exact) mass is 569 g/mol. The standard InChI is InChI=1S/C29H26F3N3O4S/c1-2-39-27(38)20-11-13-22(14-12-20)33-25(36)18-24-26(37)35(23-10-6-9-21(17-23)29(30,31)32)28(40)34(24)16-15-19-7-4-3-5-8-19/h3-14,17,24H,2,15-16,18H2,1H3,(H,33,36)/t24-/m1/s1. The topological polar surface area (TPSA) is 78.9 Å². The maximum absolute atomic E-state index is 13.6. The maximum atomic E-state index is 13.6. The third-order valence-electron chi connectivity index (χ3n) is 6.29. The summed E-state index contributed by atoms with van der Waals surface area (Å²) in [6.07, 6.45) is -4.39. The number of hydrogen-bond acceptors (Lipinski definition) is 5. The Hall–Kier alpha value is -4.25. The summed E-state index contributed by atoms with van der Waals surface area (Å²) >= 11 is 5.57. The van der Waals surface area contributed by atoms with Crippen molar-refractivity contribution in [3.05, 3.63) is 95.6 Å². The van der Waals surface area contributed by atoms with E-state index in [1.165, 1.54) is 36.4 Å². The van der Waals surface area contributed by atoms with Gasteiger partial charge in [0.25, 0.3) is 5.91 Å². The molecule has 0 bridgehead atoms. The molecule has 0 saturated carbocycles. The third kappa shape index (κ3) is 6.66. The van der Waals surface area contributed by atoms with E-state index in [-0.39, 0.29) is 30.4 Å². The Bertz CT molecular complexity index is 1400. The highest BCUT2D eigenvalue weighted by molar-refractivity contribution is 7.80. The molecule has 7 nitrogen and oxygen atoms in total. The van der Waals surface area contributed by atoms with Gasteiger partial charge in [0.15, 0.2) is 5.11 Å². The van der Waals surface area contributed by atoms with Crippen LogP contribution in [0, 0.1) is 0 Å². The van der Waals surface area contributed by atoms with Crippen LogP contribution in [0.4, 0.5) is 24.5 Å². The van der Waals surface area contributed by atoms with E-state index in [2.05, 4.69) is 5.32 Å². The van der Waals surface area contributed by atoms with Crippen LogP contribution < -0.4 is 10.2 Å². The fourth-order valence-electron chi connectivity index (χ4n) is 4.33.